The highest BCUT2D eigenvalue weighted by Crippen LogP contribution is 1.99. The van der Waals surface area contributed by atoms with Gasteiger partial charge in [-0.3, -0.25) is 0 Å². The lowest BCUT2D eigenvalue weighted by molar-refractivity contribution is 0.729. The molecule has 0 aromatic rings. The van der Waals surface area contributed by atoms with E-state index in [4.69, 9.17) is 0 Å². The Hall–Kier alpha value is 0.220. The Bertz CT molecular complexity index is 57.4. The van der Waals surface area contributed by atoms with E-state index < -0.39 is 0 Å². The molecule has 0 aliphatic carbocycles. The number of allylic oxidation sites excluding steroid dienone is 1. The standard InChI is InChI=1S/C7H13Br/c1-2-3-4-5-6-7-8/h6-7H,2-5H2,1H3/b7-6-. The van der Waals surface area contributed by atoms with Crippen molar-refractivity contribution < 1.29 is 0 Å². The molecular weight excluding hydrogens is 164 g/mol. The number of halogens is 1. The second kappa shape index (κ2) is 7.22. The molecule has 0 aliphatic heterocycles. The Kier molecular flexibility index (Phi) is 7.42. The number of unbranched alkanes of at least 4 members (excludes halogenated alkanes) is 3. The maximum Gasteiger partial charge on any atom is -0.0229 e. The van der Waals surface area contributed by atoms with E-state index in [0.717, 1.165) is 0 Å². The molecule has 0 bridgehead atoms. The van der Waals surface area contributed by atoms with Crippen LogP contribution in [0.5, 0.6) is 0 Å². The zero-order chi connectivity index (χ0) is 6.24. The van der Waals surface area contributed by atoms with Crippen molar-refractivity contribution >= 4 is 15.9 Å². The molecule has 0 unspecified atom stereocenters. The summed E-state index contributed by atoms with van der Waals surface area (Å²) in [5, 5.41) is 0. The van der Waals surface area contributed by atoms with Gasteiger partial charge in [0.05, 0.1) is 0 Å². The van der Waals surface area contributed by atoms with E-state index >= 15 is 0 Å². The molecule has 0 saturated heterocycles. The van der Waals surface area contributed by atoms with Gasteiger partial charge >= 0.3 is 0 Å². The third-order valence-corrected chi connectivity index (χ3v) is 1.44. The van der Waals surface area contributed by atoms with Crippen LogP contribution in [0, 0.1) is 0 Å². The van der Waals surface area contributed by atoms with Crippen LogP contribution in [0.4, 0.5) is 0 Å². The Labute approximate surface area is 60.1 Å². The molecule has 0 radical (unpaired) electrons. The molecule has 0 aromatic heterocycles. The van der Waals surface area contributed by atoms with E-state index in [-0.39, 0.29) is 0 Å². The van der Waals surface area contributed by atoms with Crippen molar-refractivity contribution in [1.82, 2.24) is 0 Å². The maximum atomic E-state index is 3.22. The summed E-state index contributed by atoms with van der Waals surface area (Å²) in [6.45, 7) is 2.22. The molecule has 1 heteroatoms. The molecule has 0 atom stereocenters. The van der Waals surface area contributed by atoms with Crippen molar-refractivity contribution in [3.05, 3.63) is 11.1 Å². The maximum absolute atomic E-state index is 3.22. The number of hydrogen-bond donors (Lipinski definition) is 0. The summed E-state index contributed by atoms with van der Waals surface area (Å²) in [6, 6.07) is 0. The van der Waals surface area contributed by atoms with Gasteiger partial charge in [0.1, 0.15) is 0 Å². The summed E-state index contributed by atoms with van der Waals surface area (Å²) in [4.78, 5) is 1.93. The predicted molar refractivity (Wildman–Crippen MR) is 42.2 cm³/mol. The molecule has 0 spiro atoms. The van der Waals surface area contributed by atoms with Crippen molar-refractivity contribution in [3.63, 3.8) is 0 Å². The van der Waals surface area contributed by atoms with Crippen LogP contribution in [0.2, 0.25) is 0 Å². The first-order chi connectivity index (χ1) is 3.91. The largest absolute Gasteiger partial charge is 0.0776 e. The summed E-state index contributed by atoms with van der Waals surface area (Å²) in [6.07, 6.45) is 7.38. The third kappa shape index (κ3) is 6.22. The molecule has 0 heterocycles. The first kappa shape index (κ1) is 8.22. The van der Waals surface area contributed by atoms with Gasteiger partial charge in [0, 0.05) is 0 Å². The highest BCUT2D eigenvalue weighted by Gasteiger charge is 1.78. The number of hydrogen-bond acceptors (Lipinski definition) is 0. The first-order valence-electron chi connectivity index (χ1n) is 3.17. The minimum atomic E-state index is 1.22. The first-order valence-corrected chi connectivity index (χ1v) is 4.08. The van der Waals surface area contributed by atoms with E-state index in [9.17, 15) is 0 Å². The average molecular weight is 177 g/mol. The van der Waals surface area contributed by atoms with Crippen molar-refractivity contribution in [3.8, 4) is 0 Å². The minimum absolute atomic E-state index is 1.22. The van der Waals surface area contributed by atoms with Gasteiger partial charge in [0.15, 0.2) is 0 Å². The minimum Gasteiger partial charge on any atom is -0.0776 e. The predicted octanol–water partition coefficient (Wildman–Crippen LogP) is 3.48. The van der Waals surface area contributed by atoms with Crippen LogP contribution in [0.3, 0.4) is 0 Å². The lowest BCUT2D eigenvalue weighted by atomic mass is 10.2. The van der Waals surface area contributed by atoms with Gasteiger partial charge in [-0.05, 0) is 17.8 Å². The van der Waals surface area contributed by atoms with Crippen LogP contribution in [0.25, 0.3) is 0 Å². The normalized spacial score (nSPS) is 10.8. The van der Waals surface area contributed by atoms with Crippen molar-refractivity contribution in [1.29, 1.82) is 0 Å². The Morgan fingerprint density at radius 3 is 2.62 bits per heavy atom. The molecular formula is C7H13Br. The highest BCUT2D eigenvalue weighted by atomic mass is 79.9. The van der Waals surface area contributed by atoms with E-state index in [1.54, 1.807) is 0 Å². The van der Waals surface area contributed by atoms with E-state index in [1.807, 2.05) is 4.99 Å². The van der Waals surface area contributed by atoms with Gasteiger partial charge in [0.2, 0.25) is 0 Å². The smallest absolute Gasteiger partial charge is 0.0229 e. The topological polar surface area (TPSA) is 0 Å². The van der Waals surface area contributed by atoms with Gasteiger partial charge in [-0.2, -0.15) is 0 Å². The fourth-order valence-corrected chi connectivity index (χ4v) is 0.840. The van der Waals surface area contributed by atoms with Crippen molar-refractivity contribution in [2.45, 2.75) is 32.6 Å². The van der Waals surface area contributed by atoms with Gasteiger partial charge in [-0.1, -0.05) is 41.8 Å². The molecule has 0 saturated carbocycles. The van der Waals surface area contributed by atoms with E-state index in [0.29, 0.717) is 0 Å². The molecule has 8 heavy (non-hydrogen) atoms. The van der Waals surface area contributed by atoms with Crippen molar-refractivity contribution in [2.75, 3.05) is 0 Å². The highest BCUT2D eigenvalue weighted by molar-refractivity contribution is 9.11. The summed E-state index contributed by atoms with van der Waals surface area (Å²) in [5.74, 6) is 0. The van der Waals surface area contributed by atoms with Crippen LogP contribution < -0.4 is 0 Å². The molecule has 0 fully saturated rings. The second-order valence-electron chi connectivity index (χ2n) is 1.86. The summed E-state index contributed by atoms with van der Waals surface area (Å²) < 4.78 is 0. The van der Waals surface area contributed by atoms with Gasteiger partial charge in [-0.25, -0.2) is 0 Å². The van der Waals surface area contributed by atoms with Crippen LogP contribution in [-0.4, -0.2) is 0 Å². The number of rotatable bonds is 4. The van der Waals surface area contributed by atoms with Crippen LogP contribution in [0.15, 0.2) is 11.1 Å². The SMILES string of the molecule is CCCCC/C=C\Br. The Morgan fingerprint density at radius 1 is 1.38 bits per heavy atom. The summed E-state index contributed by atoms with van der Waals surface area (Å²) in [7, 11) is 0. The Balaban J connectivity index is 2.72. The van der Waals surface area contributed by atoms with Crippen LogP contribution in [0.1, 0.15) is 32.6 Å². The van der Waals surface area contributed by atoms with E-state index in [2.05, 4.69) is 28.9 Å². The molecule has 48 valence electrons. The lowest BCUT2D eigenvalue weighted by Gasteiger charge is -1.88. The monoisotopic (exact) mass is 176 g/mol. The van der Waals surface area contributed by atoms with E-state index in [1.165, 1.54) is 25.7 Å². The van der Waals surface area contributed by atoms with Gasteiger partial charge < -0.3 is 0 Å². The lowest BCUT2D eigenvalue weighted by Crippen LogP contribution is -1.68. The zero-order valence-corrected chi connectivity index (χ0v) is 6.95. The van der Waals surface area contributed by atoms with Crippen LogP contribution >= 0.6 is 15.9 Å². The average Bonchev–Trinajstić information content (AvgIpc) is 1.81. The second-order valence-corrected chi connectivity index (χ2v) is 2.39. The fraction of sp³-hybridized carbons (Fsp3) is 0.714. The van der Waals surface area contributed by atoms with Crippen LogP contribution in [-0.2, 0) is 0 Å². The summed E-state index contributed by atoms with van der Waals surface area (Å²) >= 11 is 3.22. The summed E-state index contributed by atoms with van der Waals surface area (Å²) in [5.41, 5.74) is 0. The Morgan fingerprint density at radius 2 is 2.12 bits per heavy atom. The molecule has 0 nitrogen and oxygen atoms in total. The van der Waals surface area contributed by atoms with Crippen molar-refractivity contribution in [2.24, 2.45) is 0 Å². The molecule has 0 aromatic carbocycles. The quantitative estimate of drug-likeness (QED) is 0.576. The van der Waals surface area contributed by atoms with Gasteiger partial charge in [-0.15, -0.1) is 0 Å². The zero-order valence-electron chi connectivity index (χ0n) is 5.36. The molecule has 0 N–H and O–H groups in total. The molecule has 0 aliphatic rings. The fourth-order valence-electron chi connectivity index (χ4n) is 0.575. The molecule has 0 amide bonds. The third-order valence-electron chi connectivity index (χ3n) is 1.06. The van der Waals surface area contributed by atoms with Gasteiger partial charge in [0.25, 0.3) is 0 Å². The molecule has 0 rings (SSSR count).